The Kier molecular flexibility index (Phi) is 3.06. The molecule has 0 aromatic heterocycles. The van der Waals surface area contributed by atoms with Crippen LogP contribution in [0.15, 0.2) is 18.2 Å². The topological polar surface area (TPSA) is 12.0 Å². The second-order valence-corrected chi connectivity index (χ2v) is 2.84. The number of fused-ring (bicyclic) bond motifs is 1. The molecule has 2 rings (SSSR count). The number of rotatable bonds is 0. The molecule has 0 radical (unpaired) electrons. The van der Waals surface area contributed by atoms with Gasteiger partial charge in [-0.2, -0.15) is 0 Å². The van der Waals surface area contributed by atoms with Crippen molar-refractivity contribution >= 4 is 12.4 Å². The van der Waals surface area contributed by atoms with E-state index in [1.54, 1.807) is 6.07 Å². The van der Waals surface area contributed by atoms with Crippen LogP contribution in [0.4, 0.5) is 4.39 Å². The normalized spacial score (nSPS) is 14.8. The number of benzene rings is 1. The molecule has 0 unspecified atom stereocenters. The van der Waals surface area contributed by atoms with Crippen molar-refractivity contribution in [1.82, 2.24) is 5.32 Å². The Morgan fingerprint density at radius 3 is 2.92 bits per heavy atom. The molecule has 1 aliphatic heterocycles. The summed E-state index contributed by atoms with van der Waals surface area (Å²) >= 11 is 0. The fourth-order valence-electron chi connectivity index (χ4n) is 1.45. The standard InChI is InChI=1S/C9H10FN.ClH/c10-9-2-1-7-3-4-11-6-8(7)5-9;/h1-2,5,11H,3-4,6H2;1H. The first kappa shape index (κ1) is 9.49. The third-order valence-corrected chi connectivity index (χ3v) is 2.05. The fourth-order valence-corrected chi connectivity index (χ4v) is 1.45. The highest BCUT2D eigenvalue weighted by Crippen LogP contribution is 2.14. The van der Waals surface area contributed by atoms with Crippen molar-refractivity contribution in [2.45, 2.75) is 13.0 Å². The minimum Gasteiger partial charge on any atom is -0.312 e. The lowest BCUT2D eigenvalue weighted by Gasteiger charge is -2.16. The van der Waals surface area contributed by atoms with Crippen LogP contribution in [0.5, 0.6) is 0 Å². The third kappa shape index (κ3) is 1.76. The van der Waals surface area contributed by atoms with Crippen molar-refractivity contribution in [3.63, 3.8) is 0 Å². The molecule has 0 atom stereocenters. The van der Waals surface area contributed by atoms with Crippen LogP contribution in [-0.2, 0) is 13.0 Å². The summed E-state index contributed by atoms with van der Waals surface area (Å²) in [4.78, 5) is 0. The molecule has 66 valence electrons. The Hall–Kier alpha value is -0.600. The van der Waals surface area contributed by atoms with Crippen LogP contribution in [0.2, 0.25) is 0 Å². The van der Waals surface area contributed by atoms with Gasteiger partial charge in [-0.25, -0.2) is 4.39 Å². The maximum atomic E-state index is 12.7. The predicted molar refractivity (Wildman–Crippen MR) is 49.1 cm³/mol. The Bertz CT molecular complexity index is 275. The van der Waals surface area contributed by atoms with Gasteiger partial charge >= 0.3 is 0 Å². The van der Waals surface area contributed by atoms with E-state index in [-0.39, 0.29) is 18.2 Å². The van der Waals surface area contributed by atoms with Gasteiger partial charge < -0.3 is 5.32 Å². The Labute approximate surface area is 77.4 Å². The smallest absolute Gasteiger partial charge is 0.123 e. The van der Waals surface area contributed by atoms with E-state index in [0.717, 1.165) is 25.1 Å². The number of nitrogens with one attached hydrogen (secondary N) is 1. The second-order valence-electron chi connectivity index (χ2n) is 2.84. The van der Waals surface area contributed by atoms with E-state index in [2.05, 4.69) is 5.32 Å². The zero-order chi connectivity index (χ0) is 7.68. The van der Waals surface area contributed by atoms with Crippen LogP contribution >= 0.6 is 12.4 Å². The van der Waals surface area contributed by atoms with Crippen LogP contribution in [0.25, 0.3) is 0 Å². The van der Waals surface area contributed by atoms with E-state index >= 15 is 0 Å². The first-order valence-corrected chi connectivity index (χ1v) is 3.84. The summed E-state index contributed by atoms with van der Waals surface area (Å²) in [5, 5.41) is 3.20. The van der Waals surface area contributed by atoms with Gasteiger partial charge in [-0.15, -0.1) is 12.4 Å². The van der Waals surface area contributed by atoms with Crippen molar-refractivity contribution < 1.29 is 4.39 Å². The third-order valence-electron chi connectivity index (χ3n) is 2.05. The summed E-state index contributed by atoms with van der Waals surface area (Å²) in [5.41, 5.74) is 2.39. The highest BCUT2D eigenvalue weighted by molar-refractivity contribution is 5.85. The van der Waals surface area contributed by atoms with E-state index in [1.807, 2.05) is 6.07 Å². The van der Waals surface area contributed by atoms with Crippen molar-refractivity contribution in [2.75, 3.05) is 6.54 Å². The van der Waals surface area contributed by atoms with Crippen molar-refractivity contribution in [3.8, 4) is 0 Å². The Morgan fingerprint density at radius 1 is 1.25 bits per heavy atom. The van der Waals surface area contributed by atoms with Gasteiger partial charge in [0.2, 0.25) is 0 Å². The van der Waals surface area contributed by atoms with Gasteiger partial charge in [-0.3, -0.25) is 0 Å². The highest BCUT2D eigenvalue weighted by atomic mass is 35.5. The lowest BCUT2D eigenvalue weighted by Crippen LogP contribution is -2.23. The van der Waals surface area contributed by atoms with Crippen LogP contribution in [-0.4, -0.2) is 6.54 Å². The van der Waals surface area contributed by atoms with E-state index in [1.165, 1.54) is 11.6 Å². The second kappa shape index (κ2) is 3.87. The molecule has 12 heavy (non-hydrogen) atoms. The molecule has 1 nitrogen and oxygen atoms in total. The molecule has 1 aliphatic rings. The summed E-state index contributed by atoms with van der Waals surface area (Å²) in [5.74, 6) is -0.132. The number of hydrogen-bond acceptors (Lipinski definition) is 1. The van der Waals surface area contributed by atoms with Crippen molar-refractivity contribution in [3.05, 3.63) is 35.1 Å². The quantitative estimate of drug-likeness (QED) is 0.654. The maximum Gasteiger partial charge on any atom is 0.123 e. The SMILES string of the molecule is Cl.Fc1ccc2c(c1)CNCC2. The van der Waals surface area contributed by atoms with Crippen LogP contribution in [0.1, 0.15) is 11.1 Å². The number of hydrogen-bond donors (Lipinski definition) is 1. The Morgan fingerprint density at radius 2 is 2.08 bits per heavy atom. The monoisotopic (exact) mass is 187 g/mol. The summed E-state index contributed by atoms with van der Waals surface area (Å²) in [7, 11) is 0. The van der Waals surface area contributed by atoms with E-state index in [0.29, 0.717) is 0 Å². The molecule has 0 spiro atoms. The average Bonchev–Trinajstić information content (AvgIpc) is 2.04. The van der Waals surface area contributed by atoms with Crippen LogP contribution in [0.3, 0.4) is 0 Å². The van der Waals surface area contributed by atoms with Gasteiger partial charge in [0, 0.05) is 6.54 Å². The summed E-state index contributed by atoms with van der Waals surface area (Å²) in [6, 6.07) is 5.02. The van der Waals surface area contributed by atoms with Crippen LogP contribution < -0.4 is 5.32 Å². The van der Waals surface area contributed by atoms with Gasteiger partial charge in [-0.1, -0.05) is 6.07 Å². The molecule has 0 bridgehead atoms. The molecule has 0 amide bonds. The zero-order valence-corrected chi connectivity index (χ0v) is 7.46. The first-order chi connectivity index (χ1) is 5.36. The maximum absolute atomic E-state index is 12.7. The molecule has 1 N–H and O–H groups in total. The van der Waals surface area contributed by atoms with E-state index in [4.69, 9.17) is 0 Å². The average molecular weight is 188 g/mol. The molecular formula is C9H11ClFN. The Balaban J connectivity index is 0.000000720. The lowest BCUT2D eigenvalue weighted by atomic mass is 10.0. The molecule has 0 saturated heterocycles. The largest absolute Gasteiger partial charge is 0.312 e. The van der Waals surface area contributed by atoms with Crippen molar-refractivity contribution in [1.29, 1.82) is 0 Å². The molecule has 1 aromatic carbocycles. The molecule has 1 heterocycles. The molecule has 0 saturated carbocycles. The predicted octanol–water partition coefficient (Wildman–Crippen LogP) is 1.89. The van der Waals surface area contributed by atoms with Crippen LogP contribution in [0, 0.1) is 5.82 Å². The fraction of sp³-hybridized carbons (Fsp3) is 0.333. The molecule has 0 fully saturated rings. The van der Waals surface area contributed by atoms with E-state index in [9.17, 15) is 4.39 Å². The lowest BCUT2D eigenvalue weighted by molar-refractivity contribution is 0.604. The first-order valence-electron chi connectivity index (χ1n) is 3.84. The van der Waals surface area contributed by atoms with Crippen molar-refractivity contribution in [2.24, 2.45) is 0 Å². The molecular weight excluding hydrogens is 177 g/mol. The van der Waals surface area contributed by atoms with Gasteiger partial charge in [0.05, 0.1) is 0 Å². The van der Waals surface area contributed by atoms with Gasteiger partial charge in [0.1, 0.15) is 5.82 Å². The molecule has 0 aliphatic carbocycles. The van der Waals surface area contributed by atoms with Gasteiger partial charge in [0.15, 0.2) is 0 Å². The summed E-state index contributed by atoms with van der Waals surface area (Å²) < 4.78 is 12.7. The summed E-state index contributed by atoms with van der Waals surface area (Å²) in [6.45, 7) is 1.83. The highest BCUT2D eigenvalue weighted by Gasteiger charge is 2.07. The van der Waals surface area contributed by atoms with Gasteiger partial charge in [0.25, 0.3) is 0 Å². The van der Waals surface area contributed by atoms with Gasteiger partial charge in [-0.05, 0) is 36.2 Å². The molecule has 1 aromatic rings. The minimum absolute atomic E-state index is 0. The zero-order valence-electron chi connectivity index (χ0n) is 6.64. The van der Waals surface area contributed by atoms with E-state index < -0.39 is 0 Å². The number of halogens is 2. The summed E-state index contributed by atoms with van der Waals surface area (Å²) in [6.07, 6.45) is 1.02. The minimum atomic E-state index is -0.132. The molecule has 3 heteroatoms.